The minimum Gasteiger partial charge on any atom is -0.395 e. The monoisotopic (exact) mass is 393 g/mol. The molecular formula is C12H13Cl2N5O2S2. The molecule has 7 nitrogen and oxygen atoms in total. The van der Waals surface area contributed by atoms with Crippen LogP contribution >= 0.6 is 35.0 Å². The topological polar surface area (TPSA) is 151 Å². The van der Waals surface area contributed by atoms with Crippen molar-refractivity contribution in [3.05, 3.63) is 33.8 Å². The smallest absolute Gasteiger partial charge is 0.239 e. The Morgan fingerprint density at radius 1 is 1.13 bits per heavy atom. The van der Waals surface area contributed by atoms with Crippen LogP contribution < -0.4 is 22.3 Å². The lowest BCUT2D eigenvalue weighted by molar-refractivity contribution is 0.598. The summed E-state index contributed by atoms with van der Waals surface area (Å²) in [5.74, 6) is 0.631. The summed E-state index contributed by atoms with van der Waals surface area (Å²) in [5.41, 5.74) is 17.9. The number of thioether (sulfide) groups is 1. The lowest BCUT2D eigenvalue weighted by Crippen LogP contribution is -2.13. The summed E-state index contributed by atoms with van der Waals surface area (Å²) in [7, 11) is -3.98. The first-order chi connectivity index (χ1) is 10.6. The SMILES string of the molecule is Nc1cc(SCc2cc(Cl)cc(S(N)(=O)=O)c2Cl)c(N)c(N)n1. The predicted molar refractivity (Wildman–Crippen MR) is 94.9 cm³/mol. The number of rotatable bonds is 4. The molecule has 0 saturated carbocycles. The van der Waals surface area contributed by atoms with Gasteiger partial charge in [0.05, 0.1) is 10.7 Å². The number of nitrogens with two attached hydrogens (primary N) is 4. The zero-order valence-electron chi connectivity index (χ0n) is 11.6. The Balaban J connectivity index is 2.37. The number of anilines is 3. The van der Waals surface area contributed by atoms with Gasteiger partial charge in [-0.3, -0.25) is 0 Å². The molecule has 23 heavy (non-hydrogen) atoms. The molecule has 0 unspecified atom stereocenters. The molecule has 1 aromatic heterocycles. The van der Waals surface area contributed by atoms with Crippen LogP contribution in [-0.2, 0) is 15.8 Å². The van der Waals surface area contributed by atoms with Crippen LogP contribution in [0.15, 0.2) is 28.0 Å². The third kappa shape index (κ3) is 4.12. The number of benzene rings is 1. The van der Waals surface area contributed by atoms with E-state index in [2.05, 4.69) is 4.98 Å². The Bertz CT molecular complexity index is 874. The van der Waals surface area contributed by atoms with Crippen molar-refractivity contribution >= 4 is 62.3 Å². The second kappa shape index (κ2) is 6.62. The summed E-state index contributed by atoms with van der Waals surface area (Å²) in [6, 6.07) is 4.31. The van der Waals surface area contributed by atoms with E-state index in [1.165, 1.54) is 17.8 Å². The molecule has 124 valence electrons. The minimum atomic E-state index is -3.98. The summed E-state index contributed by atoms with van der Waals surface area (Å²) in [5, 5.41) is 5.34. The quantitative estimate of drug-likeness (QED) is 0.580. The molecular weight excluding hydrogens is 381 g/mol. The number of halogens is 2. The zero-order chi connectivity index (χ0) is 17.4. The molecule has 0 atom stereocenters. The lowest BCUT2D eigenvalue weighted by Gasteiger charge is -2.11. The summed E-state index contributed by atoms with van der Waals surface area (Å²) < 4.78 is 23.1. The normalized spacial score (nSPS) is 11.6. The fourth-order valence-corrected chi connectivity index (χ4v) is 4.33. The van der Waals surface area contributed by atoms with Crippen molar-refractivity contribution in [1.82, 2.24) is 4.98 Å². The van der Waals surface area contributed by atoms with Gasteiger partial charge in [-0.2, -0.15) is 0 Å². The number of aromatic nitrogens is 1. The molecule has 0 amide bonds. The van der Waals surface area contributed by atoms with Crippen LogP contribution in [0.25, 0.3) is 0 Å². The Kier molecular flexibility index (Phi) is 5.17. The predicted octanol–water partition coefficient (Wildman–Crippen LogP) is 2.07. The average Bonchev–Trinajstić information content (AvgIpc) is 2.42. The van der Waals surface area contributed by atoms with Gasteiger partial charge in [0.25, 0.3) is 0 Å². The fourth-order valence-electron chi connectivity index (χ4n) is 1.78. The first-order valence-electron chi connectivity index (χ1n) is 6.04. The molecule has 2 aromatic rings. The van der Waals surface area contributed by atoms with Gasteiger partial charge in [0.15, 0.2) is 0 Å². The van der Waals surface area contributed by atoms with Crippen molar-refractivity contribution in [3.8, 4) is 0 Å². The van der Waals surface area contributed by atoms with E-state index in [1.54, 1.807) is 12.1 Å². The number of hydrogen-bond donors (Lipinski definition) is 4. The largest absolute Gasteiger partial charge is 0.395 e. The van der Waals surface area contributed by atoms with Crippen molar-refractivity contribution in [1.29, 1.82) is 0 Å². The molecule has 0 fully saturated rings. The number of hydrogen-bond acceptors (Lipinski definition) is 7. The van der Waals surface area contributed by atoms with Crippen LogP contribution in [0.2, 0.25) is 10.0 Å². The molecule has 11 heteroatoms. The second-order valence-corrected chi connectivity index (χ2v) is 7.92. The van der Waals surface area contributed by atoms with Gasteiger partial charge in [0.2, 0.25) is 10.0 Å². The van der Waals surface area contributed by atoms with Crippen molar-refractivity contribution < 1.29 is 8.42 Å². The maximum Gasteiger partial charge on any atom is 0.239 e. The van der Waals surface area contributed by atoms with E-state index < -0.39 is 10.0 Å². The van der Waals surface area contributed by atoms with Crippen LogP contribution in [0.4, 0.5) is 17.3 Å². The summed E-state index contributed by atoms with van der Waals surface area (Å²) in [4.78, 5) is 4.21. The van der Waals surface area contributed by atoms with E-state index in [4.69, 9.17) is 45.5 Å². The molecule has 0 spiro atoms. The molecule has 1 aromatic carbocycles. The Hall–Kier alpha value is -1.39. The fraction of sp³-hybridized carbons (Fsp3) is 0.0833. The summed E-state index contributed by atoms with van der Waals surface area (Å²) >= 11 is 13.3. The van der Waals surface area contributed by atoms with E-state index >= 15 is 0 Å². The van der Waals surface area contributed by atoms with E-state index in [0.717, 1.165) is 0 Å². The van der Waals surface area contributed by atoms with Gasteiger partial charge in [-0.05, 0) is 23.8 Å². The molecule has 0 bridgehead atoms. The third-order valence-electron chi connectivity index (χ3n) is 2.84. The van der Waals surface area contributed by atoms with Gasteiger partial charge in [0.1, 0.15) is 16.5 Å². The number of primary sulfonamides is 1. The summed E-state index contributed by atoms with van der Waals surface area (Å²) in [6.45, 7) is 0. The average molecular weight is 394 g/mol. The first-order valence-corrected chi connectivity index (χ1v) is 9.33. The highest BCUT2D eigenvalue weighted by Crippen LogP contribution is 2.36. The standard InChI is InChI=1S/C12H13Cl2N5O2S2/c13-6-1-5(10(14)8(2-6)23(18,20)21)4-22-7-3-9(15)19-12(17)11(7)16/h1-3H,4,16H2,(H4,15,17,19)(H2,18,20,21). The van der Waals surface area contributed by atoms with E-state index in [0.29, 0.717) is 10.5 Å². The minimum absolute atomic E-state index is 0.0120. The zero-order valence-corrected chi connectivity index (χ0v) is 14.7. The van der Waals surface area contributed by atoms with Gasteiger partial charge < -0.3 is 17.2 Å². The highest BCUT2D eigenvalue weighted by Gasteiger charge is 2.18. The van der Waals surface area contributed by atoms with Crippen LogP contribution in [-0.4, -0.2) is 13.4 Å². The van der Waals surface area contributed by atoms with Crippen molar-refractivity contribution in [2.75, 3.05) is 17.2 Å². The van der Waals surface area contributed by atoms with E-state index in [9.17, 15) is 8.42 Å². The lowest BCUT2D eigenvalue weighted by atomic mass is 10.2. The molecule has 8 N–H and O–H groups in total. The second-order valence-electron chi connectivity index (χ2n) is 4.55. The molecule has 0 aliphatic rings. The Morgan fingerprint density at radius 3 is 2.39 bits per heavy atom. The van der Waals surface area contributed by atoms with Crippen molar-refractivity contribution in [2.45, 2.75) is 15.5 Å². The van der Waals surface area contributed by atoms with Gasteiger partial charge in [0, 0.05) is 15.7 Å². The number of pyridine rings is 1. The highest BCUT2D eigenvalue weighted by molar-refractivity contribution is 7.98. The highest BCUT2D eigenvalue weighted by atomic mass is 35.5. The van der Waals surface area contributed by atoms with Gasteiger partial charge >= 0.3 is 0 Å². The maximum atomic E-state index is 11.5. The number of sulfonamides is 1. The Labute approximate surface area is 147 Å². The molecule has 1 heterocycles. The van der Waals surface area contributed by atoms with Crippen molar-refractivity contribution in [3.63, 3.8) is 0 Å². The first kappa shape index (κ1) is 18.0. The van der Waals surface area contributed by atoms with Crippen LogP contribution in [0, 0.1) is 0 Å². The molecule has 0 saturated heterocycles. The van der Waals surface area contributed by atoms with Crippen LogP contribution in [0.3, 0.4) is 0 Å². The summed E-state index contributed by atoms with van der Waals surface area (Å²) in [6.07, 6.45) is 0. The molecule has 0 aliphatic heterocycles. The van der Waals surface area contributed by atoms with Crippen LogP contribution in [0.1, 0.15) is 5.56 Å². The molecule has 0 aliphatic carbocycles. The van der Waals surface area contributed by atoms with E-state index in [1.807, 2.05) is 0 Å². The molecule has 0 radical (unpaired) electrons. The van der Waals surface area contributed by atoms with Gasteiger partial charge in [-0.1, -0.05) is 23.2 Å². The number of nitrogens with zero attached hydrogens (tertiary/aromatic N) is 1. The molecule has 2 rings (SSSR count). The Morgan fingerprint density at radius 2 is 1.78 bits per heavy atom. The van der Waals surface area contributed by atoms with Gasteiger partial charge in [-0.25, -0.2) is 18.5 Å². The third-order valence-corrected chi connectivity index (χ3v) is 5.65. The van der Waals surface area contributed by atoms with Gasteiger partial charge in [-0.15, -0.1) is 11.8 Å². The van der Waals surface area contributed by atoms with Crippen molar-refractivity contribution in [2.24, 2.45) is 5.14 Å². The van der Waals surface area contributed by atoms with E-state index in [-0.39, 0.29) is 38.0 Å². The van der Waals surface area contributed by atoms with Crippen LogP contribution in [0.5, 0.6) is 0 Å². The number of nitrogen functional groups attached to an aromatic ring is 3. The maximum absolute atomic E-state index is 11.5.